The van der Waals surface area contributed by atoms with Crippen molar-refractivity contribution in [1.29, 1.82) is 5.39 Å². The van der Waals surface area contributed by atoms with Gasteiger partial charge in [-0.1, -0.05) is 13.8 Å². The van der Waals surface area contributed by atoms with Crippen molar-refractivity contribution in [3.8, 4) is 0 Å². The van der Waals surface area contributed by atoms with Gasteiger partial charge in [-0.25, -0.2) is 0 Å². The van der Waals surface area contributed by atoms with Gasteiger partial charge in [-0.3, -0.25) is 0 Å². The summed E-state index contributed by atoms with van der Waals surface area (Å²) in [6.07, 6.45) is -0.435. The second-order valence-electron chi connectivity index (χ2n) is 3.80. The molecule has 2 unspecified atom stereocenters. The lowest BCUT2D eigenvalue weighted by Crippen LogP contribution is -2.42. The Hall–Kier alpha value is -1.64. The zero-order valence-electron chi connectivity index (χ0n) is 10.1. The monoisotopic (exact) mass is 236 g/mol. The van der Waals surface area contributed by atoms with E-state index >= 15 is 0 Å². The highest BCUT2D eigenvalue weighted by atomic mass is 16.3. The van der Waals surface area contributed by atoms with Crippen LogP contribution in [0.15, 0.2) is 24.3 Å². The largest absolute Gasteiger partial charge is 0.385 e. The Morgan fingerprint density at radius 3 is 1.94 bits per heavy atom. The number of hydrogen-bond donors (Lipinski definition) is 2. The van der Waals surface area contributed by atoms with E-state index in [1.54, 1.807) is 29.2 Å². The number of rotatable bonds is 5. The number of aliphatic hydroxyl groups is 2. The fraction of sp³-hybridized carbons (Fsp3) is 0.500. The van der Waals surface area contributed by atoms with E-state index in [2.05, 4.69) is 4.98 Å². The van der Waals surface area contributed by atoms with Gasteiger partial charge in [0, 0.05) is 17.8 Å². The number of nitrogens with zero attached hydrogens (tertiary/aromatic N) is 3. The molecule has 1 aromatic rings. The first-order chi connectivity index (χ1) is 8.13. The quantitative estimate of drug-likeness (QED) is 0.608. The van der Waals surface area contributed by atoms with Crippen LogP contribution >= 0.6 is 0 Å². The summed E-state index contributed by atoms with van der Waals surface area (Å²) in [7, 11) is 0. The number of anilines is 1. The van der Waals surface area contributed by atoms with E-state index in [-0.39, 0.29) is 0 Å². The molecule has 0 heterocycles. The molecule has 1 rings (SSSR count). The van der Waals surface area contributed by atoms with Crippen molar-refractivity contribution in [3.05, 3.63) is 29.2 Å². The van der Waals surface area contributed by atoms with E-state index in [0.717, 1.165) is 0 Å². The molecule has 5 heteroatoms. The van der Waals surface area contributed by atoms with Gasteiger partial charge in [-0.2, -0.15) is 0 Å². The van der Waals surface area contributed by atoms with Gasteiger partial charge in [-0.05, 0) is 25.0 Å². The van der Waals surface area contributed by atoms with E-state index in [1.807, 2.05) is 13.8 Å². The fourth-order valence-corrected chi connectivity index (χ4v) is 1.63. The number of hydrogen-bond acceptors (Lipinski definition) is 4. The van der Waals surface area contributed by atoms with Crippen molar-refractivity contribution < 1.29 is 10.2 Å². The minimum absolute atomic E-state index is 0.436. The van der Waals surface area contributed by atoms with Crippen molar-refractivity contribution in [3.63, 3.8) is 0 Å². The van der Waals surface area contributed by atoms with Gasteiger partial charge in [-0.15, -0.1) is 0 Å². The first-order valence-corrected chi connectivity index (χ1v) is 5.73. The first kappa shape index (κ1) is 13.4. The second-order valence-corrected chi connectivity index (χ2v) is 3.80. The smallest absolute Gasteiger partial charge is 0.374 e. The molecule has 0 fully saturated rings. The molecule has 0 aliphatic heterocycles. The van der Waals surface area contributed by atoms with Gasteiger partial charge < -0.3 is 15.1 Å². The molecule has 0 aliphatic carbocycles. The highest BCUT2D eigenvalue weighted by Gasteiger charge is 2.21. The average Bonchev–Trinajstić information content (AvgIpc) is 2.39. The Morgan fingerprint density at radius 2 is 1.59 bits per heavy atom. The van der Waals surface area contributed by atoms with Crippen LogP contribution in [-0.4, -0.2) is 22.7 Å². The van der Waals surface area contributed by atoms with Crippen molar-refractivity contribution in [2.45, 2.75) is 39.1 Å². The molecule has 5 nitrogen and oxygen atoms in total. The standard InChI is InChI=1S/C12H18N3O2/c1-3-11(16)15(12(17)4-2)10-7-5-9(14-13)6-8-10/h5-8,11-12,16-17H,3-4H2,1-2H3/q+1. The van der Waals surface area contributed by atoms with Gasteiger partial charge in [0.25, 0.3) is 0 Å². The lowest BCUT2D eigenvalue weighted by atomic mass is 10.2. The Morgan fingerprint density at radius 1 is 1.12 bits per heavy atom. The molecule has 0 saturated carbocycles. The van der Waals surface area contributed by atoms with Crippen LogP contribution in [0.2, 0.25) is 0 Å². The van der Waals surface area contributed by atoms with Crippen LogP contribution in [-0.2, 0) is 0 Å². The molecule has 0 amide bonds. The molecule has 0 aromatic heterocycles. The van der Waals surface area contributed by atoms with Crippen molar-refractivity contribution in [1.82, 2.24) is 0 Å². The molecule has 0 bridgehead atoms. The highest BCUT2D eigenvalue weighted by molar-refractivity contribution is 5.55. The van der Waals surface area contributed by atoms with Gasteiger partial charge in [0.15, 0.2) is 4.98 Å². The fourth-order valence-electron chi connectivity index (χ4n) is 1.63. The average molecular weight is 236 g/mol. The third-order valence-corrected chi connectivity index (χ3v) is 2.64. The second kappa shape index (κ2) is 6.18. The van der Waals surface area contributed by atoms with Gasteiger partial charge in [0.05, 0.1) is 0 Å². The highest BCUT2D eigenvalue weighted by Crippen LogP contribution is 2.24. The normalized spacial score (nSPS) is 13.8. The lowest BCUT2D eigenvalue weighted by Gasteiger charge is -2.33. The molecule has 0 saturated heterocycles. The molecule has 17 heavy (non-hydrogen) atoms. The predicted octanol–water partition coefficient (Wildman–Crippen LogP) is 2.43. The van der Waals surface area contributed by atoms with Gasteiger partial charge in [0.1, 0.15) is 12.5 Å². The van der Waals surface area contributed by atoms with Crippen LogP contribution in [0.1, 0.15) is 26.7 Å². The third-order valence-electron chi connectivity index (χ3n) is 2.64. The zero-order valence-corrected chi connectivity index (χ0v) is 10.1. The maximum absolute atomic E-state index is 9.89. The van der Waals surface area contributed by atoms with Crippen LogP contribution < -0.4 is 4.90 Å². The third kappa shape index (κ3) is 3.16. The summed E-state index contributed by atoms with van der Waals surface area (Å²) in [5.41, 5.74) is 1.13. The lowest BCUT2D eigenvalue weighted by molar-refractivity contribution is 0.0798. The van der Waals surface area contributed by atoms with E-state index in [0.29, 0.717) is 24.2 Å². The van der Waals surface area contributed by atoms with Crippen LogP contribution in [0.25, 0.3) is 4.98 Å². The van der Waals surface area contributed by atoms with E-state index in [9.17, 15) is 10.2 Å². The van der Waals surface area contributed by atoms with Crippen LogP contribution in [0, 0.1) is 5.39 Å². The maximum Gasteiger partial charge on any atom is 0.385 e. The van der Waals surface area contributed by atoms with E-state index < -0.39 is 12.5 Å². The Kier molecular flexibility index (Phi) is 4.88. The Bertz CT molecular complexity index is 376. The van der Waals surface area contributed by atoms with Crippen LogP contribution in [0.5, 0.6) is 0 Å². The summed E-state index contributed by atoms with van der Waals surface area (Å²) in [5.74, 6) is 0. The molecular formula is C12H18N3O2+. The van der Waals surface area contributed by atoms with Crippen molar-refractivity contribution in [2.24, 2.45) is 0 Å². The predicted molar refractivity (Wildman–Crippen MR) is 66.3 cm³/mol. The maximum atomic E-state index is 9.89. The Balaban J connectivity index is 3.00. The van der Waals surface area contributed by atoms with E-state index in [4.69, 9.17) is 5.39 Å². The van der Waals surface area contributed by atoms with Crippen molar-refractivity contribution in [2.75, 3.05) is 4.90 Å². The van der Waals surface area contributed by atoms with E-state index in [1.165, 1.54) is 0 Å². The molecular weight excluding hydrogens is 218 g/mol. The molecule has 2 atom stereocenters. The van der Waals surface area contributed by atoms with Crippen LogP contribution in [0.4, 0.5) is 11.4 Å². The Labute approximate surface area is 101 Å². The summed E-state index contributed by atoms with van der Waals surface area (Å²) >= 11 is 0. The molecule has 92 valence electrons. The SMILES string of the molecule is CCC(O)N(c1ccc([N+]#N)cc1)C(O)CC. The first-order valence-electron chi connectivity index (χ1n) is 5.73. The molecule has 0 spiro atoms. The number of benzene rings is 1. The zero-order chi connectivity index (χ0) is 12.8. The molecule has 0 radical (unpaired) electrons. The summed E-state index contributed by atoms with van der Waals surface area (Å²) in [4.78, 5) is 4.60. The topological polar surface area (TPSA) is 71.8 Å². The number of diazo groups is 1. The molecule has 1 aromatic carbocycles. The van der Waals surface area contributed by atoms with Gasteiger partial charge >= 0.3 is 5.69 Å². The minimum atomic E-state index is -0.734. The van der Waals surface area contributed by atoms with Gasteiger partial charge in [0.2, 0.25) is 5.39 Å². The molecule has 0 aliphatic rings. The summed E-state index contributed by atoms with van der Waals surface area (Å²) in [5, 5.41) is 28.4. The molecule has 2 N–H and O–H groups in total. The summed E-state index contributed by atoms with van der Waals surface area (Å²) < 4.78 is 0. The summed E-state index contributed by atoms with van der Waals surface area (Å²) in [6, 6.07) is 6.64. The number of aliphatic hydroxyl groups excluding tert-OH is 2. The van der Waals surface area contributed by atoms with Crippen molar-refractivity contribution >= 4 is 11.4 Å². The summed E-state index contributed by atoms with van der Waals surface area (Å²) in [6.45, 7) is 3.69. The minimum Gasteiger partial charge on any atom is -0.374 e. The van der Waals surface area contributed by atoms with Crippen LogP contribution in [0.3, 0.4) is 0 Å².